The normalized spacial score (nSPS) is 26.6. The van der Waals surface area contributed by atoms with Gasteiger partial charge in [-0.2, -0.15) is 13.2 Å². The van der Waals surface area contributed by atoms with Crippen LogP contribution in [0.5, 0.6) is 5.75 Å². The molecule has 1 unspecified atom stereocenters. The van der Waals surface area contributed by atoms with Crippen molar-refractivity contribution < 1.29 is 89.7 Å². The molecule has 2 saturated heterocycles. The highest BCUT2D eigenvalue weighted by Crippen LogP contribution is 2.50. The van der Waals surface area contributed by atoms with Gasteiger partial charge in [0.15, 0.2) is 0 Å². The molecule has 2 saturated carbocycles. The van der Waals surface area contributed by atoms with Crippen molar-refractivity contribution in [1.82, 2.24) is 60.0 Å². The first-order chi connectivity index (χ1) is 49.3. The standard InChI is InChI=1S/C74H111F3N12O16/c1-17-34-105-60(93)38-54-67(98)82(10)40-57(90)78-50(32-30-47-29-31-49(74(75,76)77)56(36-47)103-16)65(96)89-39-45(5)35-52(89)64(95)80-73(43-72(7,8)44-73)71(102)87(15)62(48-26-23-24-27-48)70(101)86(14)53(66(97)81(9)19-3)37-58(91)85(13)55(42-104-20-4)63(94)79-61(46(6)18-2)69(100)83(11)41-59(92)84(12)51-28-22-21-25-33-88(54)68(51)99/h17,21-22,29,31,36,45-46,48,50-55,61-62H,1,18-20,23-28,30,32-35,37-44H2,2-16H3,(H,78,90)(H,79,94)(H,80,95)/b22-21-/t45-,46-,50-,51-,52+,53-,54-,55-,61?,62-/m0/s1. The van der Waals surface area contributed by atoms with E-state index in [4.69, 9.17) is 14.2 Å². The van der Waals surface area contributed by atoms with Crippen molar-refractivity contribution >= 4 is 76.9 Å². The molecule has 584 valence electrons. The lowest BCUT2D eigenvalue weighted by Gasteiger charge is -2.54. The fourth-order valence-electron chi connectivity index (χ4n) is 15.1. The van der Waals surface area contributed by atoms with E-state index in [9.17, 15) is 46.7 Å². The highest BCUT2D eigenvalue weighted by Gasteiger charge is 2.59. The molecule has 12 amide bonds. The summed E-state index contributed by atoms with van der Waals surface area (Å²) < 4.78 is 58.6. The zero-order chi connectivity index (χ0) is 78.3. The zero-order valence-corrected chi connectivity index (χ0v) is 63.8. The molecule has 2 bridgehead atoms. The van der Waals surface area contributed by atoms with E-state index >= 15 is 28.8 Å². The van der Waals surface area contributed by atoms with E-state index in [-0.39, 0.29) is 95.9 Å². The highest BCUT2D eigenvalue weighted by molar-refractivity contribution is 6.01. The van der Waals surface area contributed by atoms with Gasteiger partial charge in [-0.1, -0.05) is 84.8 Å². The predicted molar refractivity (Wildman–Crippen MR) is 380 cm³/mol. The van der Waals surface area contributed by atoms with E-state index in [1.807, 2.05) is 13.8 Å². The smallest absolute Gasteiger partial charge is 0.419 e. The number of alkyl halides is 3. The van der Waals surface area contributed by atoms with Crippen LogP contribution in [0.4, 0.5) is 13.2 Å². The Morgan fingerprint density at radius 2 is 1.44 bits per heavy atom. The van der Waals surface area contributed by atoms with Crippen molar-refractivity contribution in [3.05, 3.63) is 54.1 Å². The highest BCUT2D eigenvalue weighted by atomic mass is 19.4. The molecule has 6 rings (SSSR count). The first-order valence-electron chi connectivity index (χ1n) is 36.4. The molecule has 3 heterocycles. The van der Waals surface area contributed by atoms with Gasteiger partial charge < -0.3 is 74.3 Å². The molecule has 4 fully saturated rings. The quantitative estimate of drug-likeness (QED) is 0.157. The number of benzene rings is 1. The molecule has 5 aliphatic rings. The molecule has 3 N–H and O–H groups in total. The molecule has 31 heteroatoms. The van der Waals surface area contributed by atoms with Crippen molar-refractivity contribution in [1.29, 1.82) is 0 Å². The maximum Gasteiger partial charge on any atom is 0.419 e. The minimum Gasteiger partial charge on any atom is -0.496 e. The lowest BCUT2D eigenvalue weighted by atomic mass is 9.58. The van der Waals surface area contributed by atoms with Crippen LogP contribution in [0.15, 0.2) is 43.0 Å². The molecule has 105 heavy (non-hydrogen) atoms. The predicted octanol–water partition coefficient (Wildman–Crippen LogP) is 3.57. The number of fused-ring (bicyclic) bond motifs is 3. The first-order valence-corrected chi connectivity index (χ1v) is 36.4. The van der Waals surface area contributed by atoms with Crippen LogP contribution in [0, 0.1) is 23.2 Å². The number of amides is 12. The lowest BCUT2D eigenvalue weighted by Crippen LogP contribution is -2.71. The van der Waals surface area contributed by atoms with Gasteiger partial charge >= 0.3 is 12.1 Å². The average molecular weight is 1480 g/mol. The van der Waals surface area contributed by atoms with Crippen LogP contribution in [-0.2, 0) is 84.4 Å². The molecular formula is C74H111F3N12O16. The largest absolute Gasteiger partial charge is 0.496 e. The number of nitrogens with one attached hydrogen (secondary N) is 3. The Balaban J connectivity index is 1.50. The fraction of sp³-hybridized carbons (Fsp3) is 0.689. The summed E-state index contributed by atoms with van der Waals surface area (Å²) in [4.78, 5) is 205. The number of methoxy groups -OCH3 is 1. The Morgan fingerprint density at radius 3 is 2.04 bits per heavy atom. The van der Waals surface area contributed by atoms with Gasteiger partial charge in [0.25, 0.3) is 0 Å². The Hall–Kier alpha value is -8.64. The monoisotopic (exact) mass is 1480 g/mol. The van der Waals surface area contributed by atoms with Crippen molar-refractivity contribution in [3.63, 3.8) is 0 Å². The second-order valence-electron chi connectivity index (χ2n) is 29.7. The third kappa shape index (κ3) is 20.9. The van der Waals surface area contributed by atoms with Crippen molar-refractivity contribution in [2.24, 2.45) is 23.2 Å². The molecule has 1 aromatic rings. The van der Waals surface area contributed by atoms with Crippen molar-refractivity contribution in [3.8, 4) is 5.75 Å². The first kappa shape index (κ1) is 85.3. The number of likely N-dealkylation sites (N-methyl/N-ethyl adjacent to an activating group) is 7. The Bertz CT molecular complexity index is 3390. The molecule has 1 spiro atoms. The number of carbonyl (C=O) groups is 13. The second-order valence-corrected chi connectivity index (χ2v) is 29.7. The van der Waals surface area contributed by atoms with E-state index in [1.165, 1.54) is 76.2 Å². The van der Waals surface area contributed by atoms with E-state index < -0.39 is 191 Å². The van der Waals surface area contributed by atoms with Crippen LogP contribution in [0.3, 0.4) is 0 Å². The number of hydrogen-bond donors (Lipinski definition) is 3. The molecule has 28 nitrogen and oxygen atoms in total. The summed E-state index contributed by atoms with van der Waals surface area (Å²) in [5.74, 6) is -12.1. The zero-order valence-electron chi connectivity index (χ0n) is 63.8. The number of rotatable bonds is 16. The Labute approximate surface area is 614 Å². The number of nitrogens with zero attached hydrogens (tertiary/aromatic N) is 9. The SMILES string of the molecule is C=CCOC(=O)C[C@H]1C(=O)N(C)CC(=O)N[C@@H](CCc2ccc(C(F)(F)F)c(OC)c2)C(=O)N2C[C@@H](C)C[C@@H]2C(=O)NC2(CC(C)(C)C2)C(=O)N(C)[C@@H](C2CCCC2)C(=O)N(C)[C@H](C(=O)N(C)CC)CC(=O)N(C)[C@@H](COCC)C(=O)NC([C@@H](C)CC)C(=O)N(C)CC(=O)N(C)[C@H]2C/C=C\CCN1C2=O. The number of hydrogen-bond acceptors (Lipinski definition) is 16. The maximum absolute atomic E-state index is 15.7. The summed E-state index contributed by atoms with van der Waals surface area (Å²) >= 11 is 0. The van der Waals surface area contributed by atoms with Gasteiger partial charge in [-0.15, -0.1) is 0 Å². The van der Waals surface area contributed by atoms with Crippen LogP contribution in [0.1, 0.15) is 143 Å². The molecule has 1 aromatic carbocycles. The summed E-state index contributed by atoms with van der Waals surface area (Å²) in [7, 11) is 10.6. The number of halogens is 3. The fourth-order valence-corrected chi connectivity index (χ4v) is 15.1. The molecule has 3 aliphatic heterocycles. The van der Waals surface area contributed by atoms with Crippen LogP contribution in [-0.4, -0.2) is 284 Å². The average Bonchev–Trinajstić information content (AvgIpc) is 1.05. The van der Waals surface area contributed by atoms with Gasteiger partial charge in [0.2, 0.25) is 70.9 Å². The number of ether oxygens (including phenoxy) is 3. The minimum absolute atomic E-state index is 0.0452. The summed E-state index contributed by atoms with van der Waals surface area (Å²) in [6.45, 7) is 13.9. The van der Waals surface area contributed by atoms with E-state index in [2.05, 4.69) is 22.5 Å². The van der Waals surface area contributed by atoms with E-state index in [0.717, 1.165) is 48.6 Å². The van der Waals surface area contributed by atoms with Gasteiger partial charge in [-0.25, -0.2) is 0 Å². The van der Waals surface area contributed by atoms with Crippen LogP contribution in [0.2, 0.25) is 0 Å². The van der Waals surface area contributed by atoms with Crippen molar-refractivity contribution in [2.75, 3.05) is 109 Å². The summed E-state index contributed by atoms with van der Waals surface area (Å²) in [5.41, 5.74) is -3.02. The second kappa shape index (κ2) is 37.1. The van der Waals surface area contributed by atoms with Gasteiger partial charge in [0, 0.05) is 75.6 Å². The molecule has 10 atom stereocenters. The summed E-state index contributed by atoms with van der Waals surface area (Å²) in [5, 5.41) is 8.55. The Kier molecular flexibility index (Phi) is 30.1. The number of esters is 1. The van der Waals surface area contributed by atoms with Crippen molar-refractivity contribution in [2.45, 2.75) is 198 Å². The third-order valence-electron chi connectivity index (χ3n) is 21.3. The molecular weight excluding hydrogens is 1370 g/mol. The van der Waals surface area contributed by atoms with Gasteiger partial charge in [0.05, 0.1) is 45.2 Å². The van der Waals surface area contributed by atoms with Gasteiger partial charge in [-0.3, -0.25) is 62.3 Å². The summed E-state index contributed by atoms with van der Waals surface area (Å²) in [6.07, 6.45) is 1.01. The van der Waals surface area contributed by atoms with Crippen LogP contribution >= 0.6 is 0 Å². The third-order valence-corrected chi connectivity index (χ3v) is 21.3. The minimum atomic E-state index is -4.79. The van der Waals surface area contributed by atoms with Crippen LogP contribution in [0.25, 0.3) is 0 Å². The van der Waals surface area contributed by atoms with E-state index in [1.54, 1.807) is 46.8 Å². The maximum atomic E-state index is 15.7. The van der Waals surface area contributed by atoms with E-state index in [0.29, 0.717) is 32.1 Å². The summed E-state index contributed by atoms with van der Waals surface area (Å²) in [6, 6.07) is -8.22. The number of aryl methyl sites for hydroxylation is 1. The van der Waals surface area contributed by atoms with Crippen LogP contribution < -0.4 is 20.7 Å². The molecule has 2 aliphatic carbocycles. The lowest BCUT2D eigenvalue weighted by molar-refractivity contribution is -0.161. The van der Waals surface area contributed by atoms with Gasteiger partial charge in [0.1, 0.15) is 66.2 Å². The molecule has 0 aromatic heterocycles. The number of carbonyl (C=O) groups excluding carboxylic acids is 13. The van der Waals surface area contributed by atoms with Gasteiger partial charge in [-0.05, 0) is 112 Å². The molecule has 0 radical (unpaired) electrons. The topological polar surface area (TPSA) is 315 Å². The Morgan fingerprint density at radius 1 is 0.781 bits per heavy atom.